The van der Waals surface area contributed by atoms with Crippen LogP contribution in [0.4, 0.5) is 0 Å². The van der Waals surface area contributed by atoms with E-state index in [0.717, 1.165) is 4.60 Å². The third-order valence-corrected chi connectivity index (χ3v) is 4.27. The maximum Gasteiger partial charge on any atom is 0.154 e. The van der Waals surface area contributed by atoms with E-state index >= 15 is 0 Å². The molecule has 0 aromatic carbocycles. The molecule has 0 spiro atoms. The second-order valence-corrected chi connectivity index (χ2v) is 5.80. The number of rotatable bonds is 1. The van der Waals surface area contributed by atoms with Gasteiger partial charge in [0.25, 0.3) is 0 Å². The number of sulfone groups is 1. The molecule has 0 saturated carbocycles. The highest BCUT2D eigenvalue weighted by Crippen LogP contribution is 2.26. The molecule has 6 heteroatoms. The Hall–Kier alpha value is -0.360. The molecule has 4 nitrogen and oxygen atoms in total. The van der Waals surface area contributed by atoms with Gasteiger partial charge in [-0.3, -0.25) is 4.68 Å². The highest BCUT2D eigenvalue weighted by Gasteiger charge is 2.35. The lowest BCUT2D eigenvalue weighted by molar-refractivity contribution is 0.467. The summed E-state index contributed by atoms with van der Waals surface area (Å²) in [5.74, 6) is 0.431. The predicted molar refractivity (Wildman–Crippen MR) is 47.6 cm³/mol. The molecule has 1 aliphatic rings. The number of halogens is 1. The fraction of sp³-hybridized carbons (Fsp3) is 0.500. The van der Waals surface area contributed by atoms with Gasteiger partial charge in [0.1, 0.15) is 4.60 Å². The van der Waals surface area contributed by atoms with Gasteiger partial charge in [0.05, 0.1) is 23.7 Å². The Kier molecular flexibility index (Phi) is 1.76. The predicted octanol–water partition coefficient (Wildman–Crippen LogP) is 0.615. The first-order valence-corrected chi connectivity index (χ1v) is 6.09. The van der Waals surface area contributed by atoms with E-state index in [9.17, 15) is 8.42 Å². The fourth-order valence-electron chi connectivity index (χ4n) is 1.25. The summed E-state index contributed by atoms with van der Waals surface area (Å²) in [4.78, 5) is 0. The van der Waals surface area contributed by atoms with E-state index in [1.54, 1.807) is 16.9 Å². The van der Waals surface area contributed by atoms with Gasteiger partial charge in [-0.05, 0) is 22.0 Å². The van der Waals surface area contributed by atoms with Crippen molar-refractivity contribution >= 4 is 25.8 Å². The molecule has 0 aliphatic carbocycles. The molecule has 12 heavy (non-hydrogen) atoms. The molecular weight excluding hydrogens is 244 g/mol. The minimum absolute atomic E-state index is 0.0272. The zero-order chi connectivity index (χ0) is 8.77. The maximum absolute atomic E-state index is 10.8. The second kappa shape index (κ2) is 2.56. The molecule has 0 unspecified atom stereocenters. The second-order valence-electron chi connectivity index (χ2n) is 2.83. The maximum atomic E-state index is 10.8. The van der Waals surface area contributed by atoms with Crippen LogP contribution in [-0.4, -0.2) is 29.7 Å². The molecule has 0 bridgehead atoms. The molecule has 1 aromatic heterocycles. The number of nitrogens with zero attached hydrogens (tertiary/aromatic N) is 2. The van der Waals surface area contributed by atoms with Crippen LogP contribution in [0.25, 0.3) is 0 Å². The van der Waals surface area contributed by atoms with Crippen LogP contribution < -0.4 is 0 Å². The van der Waals surface area contributed by atoms with Crippen molar-refractivity contribution in [3.05, 3.63) is 16.9 Å². The number of hydrogen-bond donors (Lipinski definition) is 0. The lowest BCUT2D eigenvalue weighted by Gasteiger charge is -2.26. The van der Waals surface area contributed by atoms with E-state index in [0.29, 0.717) is 0 Å². The summed E-state index contributed by atoms with van der Waals surface area (Å²) in [6.07, 6.45) is 1.65. The Morgan fingerprint density at radius 2 is 2.25 bits per heavy atom. The molecular formula is C6H7BrN2O2S. The van der Waals surface area contributed by atoms with Gasteiger partial charge in [-0.1, -0.05) is 0 Å². The standard InChI is InChI=1S/C6H7BrN2O2S/c7-6-1-2-8-9(6)5-3-12(10,11)4-5/h1-2,5H,3-4H2. The Morgan fingerprint density at radius 3 is 2.67 bits per heavy atom. The average molecular weight is 251 g/mol. The van der Waals surface area contributed by atoms with Crippen molar-refractivity contribution in [1.29, 1.82) is 0 Å². The molecule has 0 atom stereocenters. The Bertz CT molecular complexity index is 385. The highest BCUT2D eigenvalue weighted by atomic mass is 79.9. The summed E-state index contributed by atoms with van der Waals surface area (Å²) >= 11 is 3.28. The molecule has 0 amide bonds. The van der Waals surface area contributed by atoms with Gasteiger partial charge in [-0.25, -0.2) is 8.42 Å². The first kappa shape index (κ1) is 8.25. The van der Waals surface area contributed by atoms with E-state index in [-0.39, 0.29) is 17.5 Å². The molecule has 1 aromatic rings. The van der Waals surface area contributed by atoms with E-state index < -0.39 is 9.84 Å². The van der Waals surface area contributed by atoms with Crippen molar-refractivity contribution in [1.82, 2.24) is 9.78 Å². The zero-order valence-corrected chi connectivity index (χ0v) is 8.55. The van der Waals surface area contributed by atoms with Gasteiger partial charge >= 0.3 is 0 Å². The average Bonchev–Trinajstić information content (AvgIpc) is 2.30. The summed E-state index contributed by atoms with van der Waals surface area (Å²) in [6, 6.07) is 1.82. The van der Waals surface area contributed by atoms with Crippen LogP contribution in [0.1, 0.15) is 6.04 Å². The summed E-state index contributed by atoms with van der Waals surface area (Å²) < 4.78 is 24.2. The minimum atomic E-state index is -2.76. The van der Waals surface area contributed by atoms with E-state index in [4.69, 9.17) is 0 Å². The summed E-state index contributed by atoms with van der Waals surface area (Å²) in [7, 11) is -2.76. The summed E-state index contributed by atoms with van der Waals surface area (Å²) in [5.41, 5.74) is 0. The molecule has 0 N–H and O–H groups in total. The first-order valence-electron chi connectivity index (χ1n) is 3.48. The molecule has 2 heterocycles. The number of aromatic nitrogens is 2. The molecule has 0 radical (unpaired) electrons. The zero-order valence-electron chi connectivity index (χ0n) is 6.14. The lowest BCUT2D eigenvalue weighted by Crippen LogP contribution is -2.38. The Balaban J connectivity index is 2.21. The van der Waals surface area contributed by atoms with Crippen molar-refractivity contribution in [3.8, 4) is 0 Å². The van der Waals surface area contributed by atoms with Crippen LogP contribution in [0.2, 0.25) is 0 Å². The molecule has 2 rings (SSSR count). The highest BCUT2D eigenvalue weighted by molar-refractivity contribution is 9.10. The van der Waals surface area contributed by atoms with Gasteiger partial charge in [-0.15, -0.1) is 0 Å². The fourth-order valence-corrected chi connectivity index (χ4v) is 3.10. The van der Waals surface area contributed by atoms with Gasteiger partial charge in [0.2, 0.25) is 0 Å². The van der Waals surface area contributed by atoms with Crippen molar-refractivity contribution in [3.63, 3.8) is 0 Å². The summed E-state index contributed by atoms with van der Waals surface area (Å²) in [5, 5.41) is 4.01. The largest absolute Gasteiger partial charge is 0.253 e. The van der Waals surface area contributed by atoms with Crippen molar-refractivity contribution in [2.45, 2.75) is 6.04 Å². The SMILES string of the molecule is O=S1(=O)CC(n2nccc2Br)C1. The van der Waals surface area contributed by atoms with Crippen molar-refractivity contribution in [2.24, 2.45) is 0 Å². The Morgan fingerprint density at radius 1 is 1.58 bits per heavy atom. The summed E-state index contributed by atoms with van der Waals surface area (Å²) in [6.45, 7) is 0. The van der Waals surface area contributed by atoms with Crippen LogP contribution in [-0.2, 0) is 9.84 Å². The van der Waals surface area contributed by atoms with Gasteiger partial charge in [-0.2, -0.15) is 5.10 Å². The van der Waals surface area contributed by atoms with Crippen LogP contribution in [0.15, 0.2) is 16.9 Å². The van der Waals surface area contributed by atoms with Crippen LogP contribution in [0, 0.1) is 0 Å². The number of hydrogen-bond acceptors (Lipinski definition) is 3. The monoisotopic (exact) mass is 250 g/mol. The van der Waals surface area contributed by atoms with E-state index in [1.807, 2.05) is 0 Å². The third kappa shape index (κ3) is 1.29. The van der Waals surface area contributed by atoms with E-state index in [1.165, 1.54) is 0 Å². The Labute approximate surface area is 78.6 Å². The van der Waals surface area contributed by atoms with Gasteiger partial charge in [0.15, 0.2) is 9.84 Å². The molecule has 66 valence electrons. The first-order chi connectivity index (χ1) is 5.58. The lowest BCUT2D eigenvalue weighted by atomic mass is 10.4. The van der Waals surface area contributed by atoms with E-state index in [2.05, 4.69) is 21.0 Å². The minimum Gasteiger partial charge on any atom is -0.253 e. The quantitative estimate of drug-likeness (QED) is 0.735. The molecule has 1 fully saturated rings. The van der Waals surface area contributed by atoms with Crippen LogP contribution in [0.5, 0.6) is 0 Å². The van der Waals surface area contributed by atoms with Gasteiger partial charge < -0.3 is 0 Å². The topological polar surface area (TPSA) is 52.0 Å². The van der Waals surface area contributed by atoms with Crippen LogP contribution >= 0.6 is 15.9 Å². The molecule has 1 aliphatic heterocycles. The van der Waals surface area contributed by atoms with Crippen molar-refractivity contribution in [2.75, 3.05) is 11.5 Å². The van der Waals surface area contributed by atoms with Gasteiger partial charge in [0, 0.05) is 0 Å². The smallest absolute Gasteiger partial charge is 0.154 e. The molecule has 1 saturated heterocycles. The normalized spacial score (nSPS) is 22.1. The van der Waals surface area contributed by atoms with Crippen molar-refractivity contribution < 1.29 is 8.42 Å². The third-order valence-electron chi connectivity index (χ3n) is 1.86. The van der Waals surface area contributed by atoms with Crippen LogP contribution in [0.3, 0.4) is 0 Å².